The Morgan fingerprint density at radius 3 is 2.22 bits per heavy atom. The highest BCUT2D eigenvalue weighted by molar-refractivity contribution is 4.99. The predicted octanol–water partition coefficient (Wildman–Crippen LogP) is 3.41. The van der Waals surface area contributed by atoms with Crippen LogP contribution in [0.25, 0.3) is 0 Å². The Morgan fingerprint density at radius 1 is 1.06 bits per heavy atom. The molecule has 106 valence electrons. The molecule has 0 aromatic rings. The second-order valence-corrected chi connectivity index (χ2v) is 6.61. The highest BCUT2D eigenvalue weighted by Gasteiger charge is 2.43. The average Bonchev–Trinajstić information content (AvgIpc) is 3.23. The van der Waals surface area contributed by atoms with Crippen LogP contribution in [0.3, 0.4) is 0 Å². The lowest BCUT2D eigenvalue weighted by Crippen LogP contribution is -2.57. The van der Waals surface area contributed by atoms with Gasteiger partial charge < -0.3 is 5.73 Å². The van der Waals surface area contributed by atoms with E-state index in [0.29, 0.717) is 5.54 Å². The second-order valence-electron chi connectivity index (χ2n) is 6.61. The molecule has 0 heterocycles. The van der Waals surface area contributed by atoms with Gasteiger partial charge in [-0.3, -0.25) is 4.90 Å². The molecule has 0 aliphatic heterocycles. The minimum absolute atomic E-state index is 0.345. The monoisotopic (exact) mass is 252 g/mol. The molecule has 2 unspecified atom stereocenters. The maximum atomic E-state index is 6.24. The molecule has 0 spiro atoms. The molecule has 0 bridgehead atoms. The summed E-state index contributed by atoms with van der Waals surface area (Å²) in [5, 5.41) is 0. The second kappa shape index (κ2) is 6.38. The van der Waals surface area contributed by atoms with Gasteiger partial charge in [-0.1, -0.05) is 26.7 Å². The van der Waals surface area contributed by atoms with Gasteiger partial charge in [-0.2, -0.15) is 0 Å². The zero-order valence-electron chi connectivity index (χ0n) is 12.5. The van der Waals surface area contributed by atoms with E-state index in [2.05, 4.69) is 18.7 Å². The van der Waals surface area contributed by atoms with Crippen LogP contribution in [-0.2, 0) is 0 Å². The minimum atomic E-state index is 0.345. The molecular formula is C16H32N2. The lowest BCUT2D eigenvalue weighted by atomic mass is 9.72. The van der Waals surface area contributed by atoms with Gasteiger partial charge in [0.05, 0.1) is 0 Å². The first-order chi connectivity index (χ1) is 8.75. The topological polar surface area (TPSA) is 29.3 Å². The van der Waals surface area contributed by atoms with Crippen molar-refractivity contribution in [3.8, 4) is 0 Å². The summed E-state index contributed by atoms with van der Waals surface area (Å²) in [5.41, 5.74) is 6.59. The van der Waals surface area contributed by atoms with Crippen LogP contribution in [0, 0.1) is 11.8 Å². The van der Waals surface area contributed by atoms with E-state index in [-0.39, 0.29) is 0 Å². The van der Waals surface area contributed by atoms with Crippen LogP contribution in [-0.4, -0.2) is 30.1 Å². The van der Waals surface area contributed by atoms with Crippen LogP contribution < -0.4 is 5.73 Å². The largest absolute Gasteiger partial charge is 0.329 e. The smallest absolute Gasteiger partial charge is 0.0334 e. The van der Waals surface area contributed by atoms with Crippen molar-refractivity contribution in [2.45, 2.75) is 70.8 Å². The Hall–Kier alpha value is -0.0800. The fourth-order valence-corrected chi connectivity index (χ4v) is 4.08. The molecule has 2 aliphatic carbocycles. The highest BCUT2D eigenvalue weighted by atomic mass is 15.2. The van der Waals surface area contributed by atoms with Gasteiger partial charge in [-0.05, 0) is 63.5 Å². The predicted molar refractivity (Wildman–Crippen MR) is 78.6 cm³/mol. The summed E-state index contributed by atoms with van der Waals surface area (Å²) < 4.78 is 0. The molecule has 18 heavy (non-hydrogen) atoms. The van der Waals surface area contributed by atoms with Crippen LogP contribution in [0.4, 0.5) is 0 Å². The van der Waals surface area contributed by atoms with Crippen molar-refractivity contribution in [3.63, 3.8) is 0 Å². The quantitative estimate of drug-likeness (QED) is 0.752. The lowest BCUT2D eigenvalue weighted by Gasteiger charge is -2.48. The summed E-state index contributed by atoms with van der Waals surface area (Å²) in [4.78, 5) is 2.74. The van der Waals surface area contributed by atoms with E-state index in [1.165, 1.54) is 64.5 Å². The molecule has 2 heteroatoms. The standard InChI is InChI=1S/C16H32N2/c1-3-10-18(11-4-2)16(13-17)9-5-6-15(12-16)14-7-8-14/h14-15H,3-13,17H2,1-2H3. The van der Waals surface area contributed by atoms with Gasteiger partial charge in [0, 0.05) is 12.1 Å². The van der Waals surface area contributed by atoms with Gasteiger partial charge in [0.25, 0.3) is 0 Å². The molecule has 0 aromatic heterocycles. The first-order valence-electron chi connectivity index (χ1n) is 8.21. The van der Waals surface area contributed by atoms with Crippen LogP contribution in [0.1, 0.15) is 65.2 Å². The first kappa shape index (κ1) is 14.3. The van der Waals surface area contributed by atoms with Crippen molar-refractivity contribution >= 4 is 0 Å². The summed E-state index contributed by atoms with van der Waals surface area (Å²) in [5.74, 6) is 2.04. The van der Waals surface area contributed by atoms with Crippen LogP contribution >= 0.6 is 0 Å². The normalized spacial score (nSPS) is 33.0. The van der Waals surface area contributed by atoms with Crippen LogP contribution in [0.2, 0.25) is 0 Å². The summed E-state index contributed by atoms with van der Waals surface area (Å²) >= 11 is 0. The van der Waals surface area contributed by atoms with Crippen LogP contribution in [0.5, 0.6) is 0 Å². The molecule has 2 fully saturated rings. The van der Waals surface area contributed by atoms with Crippen molar-refractivity contribution < 1.29 is 0 Å². The average molecular weight is 252 g/mol. The minimum Gasteiger partial charge on any atom is -0.329 e. The van der Waals surface area contributed by atoms with E-state index in [1.54, 1.807) is 0 Å². The highest BCUT2D eigenvalue weighted by Crippen LogP contribution is 2.47. The van der Waals surface area contributed by atoms with Gasteiger partial charge in [0.2, 0.25) is 0 Å². The van der Waals surface area contributed by atoms with Gasteiger partial charge >= 0.3 is 0 Å². The summed E-state index contributed by atoms with van der Waals surface area (Å²) in [6.07, 6.45) is 11.1. The summed E-state index contributed by atoms with van der Waals surface area (Å²) in [6.45, 7) is 7.95. The number of hydrogen-bond acceptors (Lipinski definition) is 2. The van der Waals surface area contributed by atoms with Gasteiger partial charge in [-0.15, -0.1) is 0 Å². The third kappa shape index (κ3) is 3.08. The zero-order chi connectivity index (χ0) is 13.0. The van der Waals surface area contributed by atoms with E-state index < -0.39 is 0 Å². The Kier molecular flexibility index (Phi) is 5.08. The molecule has 2 saturated carbocycles. The molecule has 0 aromatic carbocycles. The van der Waals surface area contributed by atoms with Crippen molar-refractivity contribution in [3.05, 3.63) is 0 Å². The summed E-state index contributed by atoms with van der Waals surface area (Å²) in [7, 11) is 0. The van der Waals surface area contributed by atoms with Crippen molar-refractivity contribution in [1.82, 2.24) is 4.90 Å². The fourth-order valence-electron chi connectivity index (χ4n) is 4.08. The zero-order valence-corrected chi connectivity index (χ0v) is 12.5. The lowest BCUT2D eigenvalue weighted by molar-refractivity contribution is 0.0306. The number of nitrogens with zero attached hydrogens (tertiary/aromatic N) is 1. The van der Waals surface area contributed by atoms with E-state index in [1.807, 2.05) is 0 Å². The molecular weight excluding hydrogens is 220 g/mol. The third-order valence-corrected chi connectivity index (χ3v) is 5.19. The van der Waals surface area contributed by atoms with Gasteiger partial charge in [0.1, 0.15) is 0 Å². The van der Waals surface area contributed by atoms with E-state index in [0.717, 1.165) is 18.4 Å². The molecule has 2 aliphatic rings. The van der Waals surface area contributed by atoms with Crippen LogP contribution in [0.15, 0.2) is 0 Å². The third-order valence-electron chi connectivity index (χ3n) is 5.19. The van der Waals surface area contributed by atoms with E-state index >= 15 is 0 Å². The maximum absolute atomic E-state index is 6.24. The first-order valence-corrected chi connectivity index (χ1v) is 8.21. The number of hydrogen-bond donors (Lipinski definition) is 1. The fraction of sp³-hybridized carbons (Fsp3) is 1.00. The number of rotatable bonds is 7. The van der Waals surface area contributed by atoms with Crippen molar-refractivity contribution in [2.75, 3.05) is 19.6 Å². The molecule has 0 amide bonds. The molecule has 2 rings (SSSR count). The molecule has 2 N–H and O–H groups in total. The summed E-state index contributed by atoms with van der Waals surface area (Å²) in [6, 6.07) is 0. The maximum Gasteiger partial charge on any atom is 0.0334 e. The molecule has 0 radical (unpaired) electrons. The number of nitrogens with two attached hydrogens (primary N) is 1. The molecule has 0 saturated heterocycles. The Labute approximate surface area is 113 Å². The van der Waals surface area contributed by atoms with Crippen molar-refractivity contribution in [2.24, 2.45) is 17.6 Å². The Bertz CT molecular complexity index is 243. The van der Waals surface area contributed by atoms with Crippen molar-refractivity contribution in [1.29, 1.82) is 0 Å². The Balaban J connectivity index is 2.05. The SMILES string of the molecule is CCCN(CCC)C1(CN)CCCC(C2CC2)C1. The van der Waals surface area contributed by atoms with E-state index in [4.69, 9.17) is 5.73 Å². The molecule has 2 nitrogen and oxygen atoms in total. The van der Waals surface area contributed by atoms with Gasteiger partial charge in [0.15, 0.2) is 0 Å². The van der Waals surface area contributed by atoms with Gasteiger partial charge in [-0.25, -0.2) is 0 Å². The van der Waals surface area contributed by atoms with E-state index in [9.17, 15) is 0 Å². The molecule has 2 atom stereocenters. The Morgan fingerprint density at radius 2 is 1.72 bits per heavy atom.